The van der Waals surface area contributed by atoms with Crippen LogP contribution in [0.3, 0.4) is 0 Å². The number of amides is 1. The zero-order chi connectivity index (χ0) is 17.4. The molecular formula is C20H27FN2O. The Labute approximate surface area is 144 Å². The van der Waals surface area contributed by atoms with Crippen LogP contribution in [0.15, 0.2) is 42.6 Å². The van der Waals surface area contributed by atoms with Gasteiger partial charge in [-0.15, -0.1) is 0 Å². The molecule has 0 unspecified atom stereocenters. The van der Waals surface area contributed by atoms with E-state index in [1.165, 1.54) is 6.07 Å². The normalized spacial score (nSPS) is 10.8. The molecule has 2 rings (SSSR count). The summed E-state index contributed by atoms with van der Waals surface area (Å²) in [7, 11) is 0. The van der Waals surface area contributed by atoms with Crippen molar-refractivity contribution in [3.63, 3.8) is 0 Å². The highest BCUT2D eigenvalue weighted by Crippen LogP contribution is 2.13. The van der Waals surface area contributed by atoms with E-state index in [4.69, 9.17) is 0 Å². The second-order valence-electron chi connectivity index (χ2n) is 6.18. The maximum atomic E-state index is 13.4. The topological polar surface area (TPSA) is 25.2 Å². The van der Waals surface area contributed by atoms with Crippen molar-refractivity contribution in [2.45, 2.75) is 52.6 Å². The molecule has 3 nitrogen and oxygen atoms in total. The minimum Gasteiger partial charge on any atom is -0.345 e. The third-order valence-corrected chi connectivity index (χ3v) is 4.11. The summed E-state index contributed by atoms with van der Waals surface area (Å²) in [6.07, 6.45) is 5.51. The van der Waals surface area contributed by atoms with Gasteiger partial charge < -0.3 is 9.47 Å². The molecule has 0 radical (unpaired) electrons. The molecule has 0 fully saturated rings. The number of nitrogens with zero attached hydrogens (tertiary/aromatic N) is 2. The van der Waals surface area contributed by atoms with Gasteiger partial charge in [0.2, 0.25) is 5.91 Å². The fourth-order valence-electron chi connectivity index (χ4n) is 2.82. The Morgan fingerprint density at radius 2 is 2.00 bits per heavy atom. The van der Waals surface area contributed by atoms with E-state index in [0.29, 0.717) is 19.5 Å². The lowest BCUT2D eigenvalue weighted by Gasteiger charge is -2.23. The predicted molar refractivity (Wildman–Crippen MR) is 95.2 cm³/mol. The van der Waals surface area contributed by atoms with Crippen molar-refractivity contribution < 1.29 is 9.18 Å². The molecule has 0 bridgehead atoms. The van der Waals surface area contributed by atoms with Gasteiger partial charge in [-0.05, 0) is 42.7 Å². The number of carbonyl (C=O) groups is 1. The Kier molecular flexibility index (Phi) is 7.04. The summed E-state index contributed by atoms with van der Waals surface area (Å²) in [5.74, 6) is 0.000708. The van der Waals surface area contributed by atoms with E-state index in [9.17, 15) is 9.18 Å². The molecule has 0 atom stereocenters. The Bertz CT molecular complexity index is 651. The van der Waals surface area contributed by atoms with Gasteiger partial charge in [-0.25, -0.2) is 4.39 Å². The summed E-state index contributed by atoms with van der Waals surface area (Å²) in [6.45, 7) is 6.18. The van der Waals surface area contributed by atoms with E-state index in [-0.39, 0.29) is 11.7 Å². The molecule has 130 valence electrons. The maximum Gasteiger partial charge on any atom is 0.222 e. The lowest BCUT2D eigenvalue weighted by atomic mass is 10.2. The zero-order valence-corrected chi connectivity index (χ0v) is 14.7. The van der Waals surface area contributed by atoms with Crippen molar-refractivity contribution in [3.8, 4) is 0 Å². The van der Waals surface area contributed by atoms with Gasteiger partial charge >= 0.3 is 0 Å². The molecular weight excluding hydrogens is 303 g/mol. The molecule has 4 heteroatoms. The van der Waals surface area contributed by atoms with Crippen molar-refractivity contribution in [2.75, 3.05) is 6.54 Å². The first-order valence-corrected chi connectivity index (χ1v) is 8.80. The largest absolute Gasteiger partial charge is 0.345 e. The molecule has 0 saturated heterocycles. The maximum absolute atomic E-state index is 13.4. The summed E-state index contributed by atoms with van der Waals surface area (Å²) >= 11 is 0. The third-order valence-electron chi connectivity index (χ3n) is 4.11. The van der Waals surface area contributed by atoms with E-state index in [2.05, 4.69) is 18.4 Å². The molecule has 1 amide bonds. The number of unbranched alkanes of at least 4 members (excludes halogenated alkanes) is 1. The fourth-order valence-corrected chi connectivity index (χ4v) is 2.82. The quantitative estimate of drug-likeness (QED) is 0.659. The molecule has 0 N–H and O–H groups in total. The Morgan fingerprint density at radius 1 is 1.17 bits per heavy atom. The Morgan fingerprint density at radius 3 is 2.71 bits per heavy atom. The van der Waals surface area contributed by atoms with Crippen LogP contribution in [0.2, 0.25) is 0 Å². The van der Waals surface area contributed by atoms with Crippen LogP contribution in [-0.2, 0) is 17.9 Å². The fraction of sp³-hybridized carbons (Fsp3) is 0.450. The van der Waals surface area contributed by atoms with Crippen LogP contribution < -0.4 is 0 Å². The molecule has 1 aromatic carbocycles. The van der Waals surface area contributed by atoms with Crippen LogP contribution >= 0.6 is 0 Å². The number of benzene rings is 1. The van der Waals surface area contributed by atoms with Crippen LogP contribution in [0.25, 0.3) is 0 Å². The molecule has 0 aliphatic rings. The second-order valence-corrected chi connectivity index (χ2v) is 6.18. The summed E-state index contributed by atoms with van der Waals surface area (Å²) in [4.78, 5) is 14.3. The first-order valence-electron chi connectivity index (χ1n) is 8.80. The van der Waals surface area contributed by atoms with Crippen molar-refractivity contribution in [3.05, 3.63) is 59.7 Å². The van der Waals surface area contributed by atoms with Crippen LogP contribution in [0.1, 0.15) is 50.8 Å². The van der Waals surface area contributed by atoms with E-state index >= 15 is 0 Å². The summed E-state index contributed by atoms with van der Waals surface area (Å²) in [5, 5.41) is 0. The molecule has 24 heavy (non-hydrogen) atoms. The third kappa shape index (κ3) is 5.22. The van der Waals surface area contributed by atoms with Gasteiger partial charge in [0.1, 0.15) is 5.82 Å². The SMILES string of the molecule is CCCCC(=O)N(CCC)Cc1cccn1Cc1cccc(F)c1. The first kappa shape index (κ1) is 18.2. The standard InChI is InChI=1S/C20H27FN2O/c1-3-5-11-20(24)23(12-4-2)16-19-10-7-13-22(19)15-17-8-6-9-18(21)14-17/h6-10,13-14H,3-5,11-12,15-16H2,1-2H3. The van der Waals surface area contributed by atoms with E-state index in [1.807, 2.05) is 29.3 Å². The van der Waals surface area contributed by atoms with Gasteiger partial charge in [0.25, 0.3) is 0 Å². The van der Waals surface area contributed by atoms with Crippen molar-refractivity contribution in [2.24, 2.45) is 0 Å². The average Bonchev–Trinajstić information content (AvgIpc) is 2.99. The molecule has 0 spiro atoms. The van der Waals surface area contributed by atoms with Crippen LogP contribution in [0.5, 0.6) is 0 Å². The predicted octanol–water partition coefficient (Wildman–Crippen LogP) is 4.60. The van der Waals surface area contributed by atoms with Crippen LogP contribution in [0.4, 0.5) is 4.39 Å². The highest BCUT2D eigenvalue weighted by atomic mass is 19.1. The summed E-state index contributed by atoms with van der Waals surface area (Å²) in [5.41, 5.74) is 2.00. The lowest BCUT2D eigenvalue weighted by Crippen LogP contribution is -2.32. The van der Waals surface area contributed by atoms with Crippen molar-refractivity contribution >= 4 is 5.91 Å². The summed E-state index contributed by atoms with van der Waals surface area (Å²) < 4.78 is 15.5. The van der Waals surface area contributed by atoms with Gasteiger partial charge in [-0.1, -0.05) is 32.4 Å². The highest BCUT2D eigenvalue weighted by Gasteiger charge is 2.14. The molecule has 0 aliphatic heterocycles. The monoisotopic (exact) mass is 330 g/mol. The van der Waals surface area contributed by atoms with Crippen LogP contribution in [-0.4, -0.2) is 21.9 Å². The number of aromatic nitrogens is 1. The van der Waals surface area contributed by atoms with Gasteiger partial charge in [0.05, 0.1) is 6.54 Å². The first-order chi connectivity index (χ1) is 11.6. The minimum absolute atomic E-state index is 0.219. The van der Waals surface area contributed by atoms with E-state index in [1.54, 1.807) is 12.1 Å². The van der Waals surface area contributed by atoms with Crippen molar-refractivity contribution in [1.29, 1.82) is 0 Å². The smallest absolute Gasteiger partial charge is 0.222 e. The van der Waals surface area contributed by atoms with Crippen LogP contribution in [0, 0.1) is 5.82 Å². The Hall–Kier alpha value is -2.10. The average molecular weight is 330 g/mol. The molecule has 0 saturated carbocycles. The number of carbonyl (C=O) groups excluding carboxylic acids is 1. The Balaban J connectivity index is 2.08. The number of halogens is 1. The molecule has 2 aromatic rings. The van der Waals surface area contributed by atoms with Gasteiger partial charge in [-0.2, -0.15) is 0 Å². The number of rotatable bonds is 9. The summed E-state index contributed by atoms with van der Waals surface area (Å²) in [6, 6.07) is 10.7. The molecule has 1 aromatic heterocycles. The zero-order valence-electron chi connectivity index (χ0n) is 14.7. The molecule has 1 heterocycles. The van der Waals surface area contributed by atoms with Crippen molar-refractivity contribution in [1.82, 2.24) is 9.47 Å². The lowest BCUT2D eigenvalue weighted by molar-refractivity contribution is -0.132. The number of hydrogen-bond acceptors (Lipinski definition) is 1. The van der Waals surface area contributed by atoms with Gasteiger partial charge in [0.15, 0.2) is 0 Å². The van der Waals surface area contributed by atoms with E-state index < -0.39 is 0 Å². The minimum atomic E-state index is -0.219. The van der Waals surface area contributed by atoms with E-state index in [0.717, 1.165) is 37.1 Å². The van der Waals surface area contributed by atoms with Gasteiger partial charge in [0, 0.05) is 31.4 Å². The highest BCUT2D eigenvalue weighted by molar-refractivity contribution is 5.76. The van der Waals surface area contributed by atoms with Gasteiger partial charge in [-0.3, -0.25) is 4.79 Å². The number of hydrogen-bond donors (Lipinski definition) is 0. The molecule has 0 aliphatic carbocycles. The second kappa shape index (κ2) is 9.26.